The van der Waals surface area contributed by atoms with E-state index in [1.54, 1.807) is 22.1 Å². The Morgan fingerprint density at radius 1 is 1.15 bits per heavy atom. The van der Waals surface area contributed by atoms with E-state index in [-0.39, 0.29) is 34.8 Å². The Kier molecular flexibility index (Phi) is 5.68. The minimum Gasteiger partial charge on any atom is -0.341 e. The zero-order valence-corrected chi connectivity index (χ0v) is 20.3. The first-order valence-corrected chi connectivity index (χ1v) is 13.6. The molecule has 9 nitrogen and oxygen atoms in total. The number of nitrogens with zero attached hydrogens (tertiary/aromatic N) is 5. The number of benzene rings is 2. The fourth-order valence-electron chi connectivity index (χ4n) is 4.32. The average molecular weight is 498 g/mol. The van der Waals surface area contributed by atoms with Crippen LogP contribution in [0, 0.1) is 6.92 Å². The molecule has 0 aliphatic carbocycles. The average Bonchev–Trinajstić information content (AvgIpc) is 3.41. The van der Waals surface area contributed by atoms with Gasteiger partial charge in [-0.15, -0.1) is 10.2 Å². The monoisotopic (exact) mass is 497 g/mol. The Morgan fingerprint density at radius 3 is 2.62 bits per heavy atom. The van der Waals surface area contributed by atoms with E-state index >= 15 is 0 Å². The van der Waals surface area contributed by atoms with Crippen molar-refractivity contribution in [1.29, 1.82) is 0 Å². The molecule has 34 heavy (non-hydrogen) atoms. The molecule has 1 aliphatic heterocycles. The van der Waals surface area contributed by atoms with Crippen LogP contribution in [-0.2, 0) is 14.6 Å². The number of sulfone groups is 1. The number of hydrogen-bond donors (Lipinski definition) is 0. The molecule has 176 valence electrons. The number of aryl methyl sites for hydroxylation is 1. The van der Waals surface area contributed by atoms with Crippen LogP contribution in [0.15, 0.2) is 58.5 Å². The predicted molar refractivity (Wildman–Crippen MR) is 131 cm³/mol. The number of carbonyl (C=O) groups is 1. The van der Waals surface area contributed by atoms with E-state index in [0.717, 1.165) is 5.56 Å². The van der Waals surface area contributed by atoms with Gasteiger partial charge in [-0.1, -0.05) is 42.1 Å². The van der Waals surface area contributed by atoms with E-state index in [1.807, 2.05) is 49.4 Å². The number of hydrogen-bond acceptors (Lipinski definition) is 7. The van der Waals surface area contributed by atoms with Gasteiger partial charge in [0.1, 0.15) is 0 Å². The van der Waals surface area contributed by atoms with Crippen molar-refractivity contribution in [3.8, 4) is 5.69 Å². The van der Waals surface area contributed by atoms with Gasteiger partial charge in [0.2, 0.25) is 11.7 Å². The normalized spacial score (nSPS) is 17.4. The lowest BCUT2D eigenvalue weighted by Crippen LogP contribution is -2.38. The third-order valence-electron chi connectivity index (χ3n) is 6.23. The number of carbonyl (C=O) groups excluding carboxylic acids is 1. The molecule has 1 fully saturated rings. The summed E-state index contributed by atoms with van der Waals surface area (Å²) in [4.78, 5) is 27.8. The minimum atomic E-state index is -3.08. The van der Waals surface area contributed by atoms with Crippen LogP contribution in [0.3, 0.4) is 0 Å². The molecule has 1 atom stereocenters. The fourth-order valence-corrected chi connectivity index (χ4v) is 6.95. The standard InChI is InChI=1S/C23H23N5O4S2/c1-15-7-3-5-9-18(15)27-21(30)17-8-4-6-10-19(17)28-22(27)24-25-23(28)33-13-20(29)26(2)16-11-12-34(31,32)14-16/h3-10,16H,11-14H2,1-2H3/t16-/m1/s1. The van der Waals surface area contributed by atoms with E-state index < -0.39 is 9.84 Å². The first kappa shape index (κ1) is 22.6. The highest BCUT2D eigenvalue weighted by atomic mass is 32.2. The van der Waals surface area contributed by atoms with E-state index in [1.165, 1.54) is 16.7 Å². The van der Waals surface area contributed by atoms with Gasteiger partial charge in [-0.25, -0.2) is 13.0 Å². The molecule has 0 radical (unpaired) electrons. The number of aromatic nitrogens is 4. The lowest BCUT2D eigenvalue weighted by molar-refractivity contribution is -0.128. The van der Waals surface area contributed by atoms with Crippen molar-refractivity contribution in [2.45, 2.75) is 24.5 Å². The molecule has 4 aromatic rings. The summed E-state index contributed by atoms with van der Waals surface area (Å²) < 4.78 is 26.9. The molecule has 2 aromatic heterocycles. The Labute approximate surface area is 200 Å². The summed E-state index contributed by atoms with van der Waals surface area (Å²) in [5, 5.41) is 9.62. The summed E-state index contributed by atoms with van der Waals surface area (Å²) in [6.45, 7) is 1.93. The van der Waals surface area contributed by atoms with Gasteiger partial charge in [0.05, 0.1) is 33.8 Å². The second kappa shape index (κ2) is 8.55. The highest BCUT2D eigenvalue weighted by Crippen LogP contribution is 2.25. The second-order valence-electron chi connectivity index (χ2n) is 8.41. The van der Waals surface area contributed by atoms with E-state index in [4.69, 9.17) is 0 Å². The van der Waals surface area contributed by atoms with Crippen molar-refractivity contribution in [2.75, 3.05) is 24.3 Å². The third-order valence-corrected chi connectivity index (χ3v) is 8.89. The Hall–Kier alpha value is -3.18. The SMILES string of the molecule is Cc1ccccc1-n1c(=O)c2ccccc2n2c(SCC(=O)N(C)[C@@H]3CCS(=O)(=O)C3)nnc12. The molecule has 3 heterocycles. The molecule has 2 aromatic carbocycles. The van der Waals surface area contributed by atoms with Crippen molar-refractivity contribution in [3.05, 3.63) is 64.4 Å². The number of para-hydroxylation sites is 2. The van der Waals surface area contributed by atoms with Crippen molar-refractivity contribution in [1.82, 2.24) is 24.1 Å². The van der Waals surface area contributed by atoms with E-state index in [9.17, 15) is 18.0 Å². The maximum Gasteiger partial charge on any atom is 0.267 e. The molecule has 0 saturated carbocycles. The lowest BCUT2D eigenvalue weighted by atomic mass is 10.2. The number of amides is 1. The van der Waals surface area contributed by atoms with Crippen LogP contribution in [0.1, 0.15) is 12.0 Å². The summed E-state index contributed by atoms with van der Waals surface area (Å²) in [5.74, 6) is 0.371. The molecular weight excluding hydrogens is 474 g/mol. The maximum absolute atomic E-state index is 13.4. The Morgan fingerprint density at radius 2 is 1.88 bits per heavy atom. The van der Waals surface area contributed by atoms with Crippen molar-refractivity contribution < 1.29 is 13.2 Å². The van der Waals surface area contributed by atoms with Crippen LogP contribution in [0.5, 0.6) is 0 Å². The van der Waals surface area contributed by atoms with Crippen LogP contribution < -0.4 is 5.56 Å². The molecule has 1 amide bonds. The largest absolute Gasteiger partial charge is 0.341 e. The second-order valence-corrected chi connectivity index (χ2v) is 11.6. The summed E-state index contributed by atoms with van der Waals surface area (Å²) in [6.07, 6.45) is 0.455. The van der Waals surface area contributed by atoms with Gasteiger partial charge in [0, 0.05) is 13.1 Å². The van der Waals surface area contributed by atoms with Gasteiger partial charge in [-0.3, -0.25) is 14.0 Å². The first-order valence-electron chi connectivity index (χ1n) is 10.8. The quantitative estimate of drug-likeness (QED) is 0.389. The molecule has 1 saturated heterocycles. The predicted octanol–water partition coefficient (Wildman–Crippen LogP) is 2.08. The zero-order chi connectivity index (χ0) is 24.0. The molecule has 5 rings (SSSR count). The van der Waals surface area contributed by atoms with Crippen LogP contribution in [0.4, 0.5) is 0 Å². The van der Waals surface area contributed by atoms with Crippen LogP contribution in [0.25, 0.3) is 22.4 Å². The highest BCUT2D eigenvalue weighted by molar-refractivity contribution is 7.99. The van der Waals surface area contributed by atoms with Crippen LogP contribution in [0.2, 0.25) is 0 Å². The van der Waals surface area contributed by atoms with Gasteiger partial charge >= 0.3 is 0 Å². The van der Waals surface area contributed by atoms with Crippen molar-refractivity contribution in [2.24, 2.45) is 0 Å². The summed E-state index contributed by atoms with van der Waals surface area (Å²) >= 11 is 1.21. The Balaban J connectivity index is 1.54. The molecular formula is C23H23N5O4S2. The van der Waals surface area contributed by atoms with Crippen molar-refractivity contribution in [3.63, 3.8) is 0 Å². The molecule has 11 heteroatoms. The van der Waals surface area contributed by atoms with Gasteiger partial charge in [0.25, 0.3) is 5.56 Å². The third kappa shape index (κ3) is 3.88. The van der Waals surface area contributed by atoms with Crippen LogP contribution in [-0.4, -0.2) is 68.7 Å². The maximum atomic E-state index is 13.4. The lowest BCUT2D eigenvalue weighted by Gasteiger charge is -2.23. The zero-order valence-electron chi connectivity index (χ0n) is 18.7. The van der Waals surface area contributed by atoms with Crippen molar-refractivity contribution >= 4 is 44.2 Å². The van der Waals surface area contributed by atoms with Gasteiger partial charge in [-0.05, 0) is 37.1 Å². The number of fused-ring (bicyclic) bond motifs is 3. The van der Waals surface area contributed by atoms with Gasteiger partial charge in [0.15, 0.2) is 15.0 Å². The minimum absolute atomic E-state index is 0.00110. The molecule has 1 aliphatic rings. The first-order chi connectivity index (χ1) is 16.3. The number of rotatable bonds is 5. The molecule has 0 unspecified atom stereocenters. The highest BCUT2D eigenvalue weighted by Gasteiger charge is 2.32. The van der Waals surface area contributed by atoms with E-state index in [0.29, 0.717) is 33.9 Å². The Bertz CT molecular complexity index is 1590. The smallest absolute Gasteiger partial charge is 0.267 e. The van der Waals surface area contributed by atoms with Crippen LogP contribution >= 0.6 is 11.8 Å². The van der Waals surface area contributed by atoms with E-state index in [2.05, 4.69) is 10.2 Å². The summed E-state index contributed by atoms with van der Waals surface area (Å²) in [6, 6.07) is 14.5. The van der Waals surface area contributed by atoms with Gasteiger partial charge < -0.3 is 4.90 Å². The fraction of sp³-hybridized carbons (Fsp3) is 0.304. The molecule has 0 N–H and O–H groups in total. The topological polar surface area (TPSA) is 107 Å². The molecule has 0 spiro atoms. The number of thioether (sulfide) groups is 1. The summed E-state index contributed by atoms with van der Waals surface area (Å²) in [7, 11) is -1.44. The van der Waals surface area contributed by atoms with Gasteiger partial charge in [-0.2, -0.15) is 0 Å². The molecule has 0 bridgehead atoms. The summed E-state index contributed by atoms with van der Waals surface area (Å²) in [5.41, 5.74) is 2.09.